The zero-order chi connectivity index (χ0) is 18.2. The Hall–Kier alpha value is -0.420. The van der Waals surface area contributed by atoms with Gasteiger partial charge in [-0.25, -0.2) is 0 Å². The van der Waals surface area contributed by atoms with Gasteiger partial charge in [0.05, 0.1) is 25.4 Å². The highest BCUT2D eigenvalue weighted by atomic mass is 16.7. The normalized spacial score (nSPS) is 52.3. The lowest BCUT2D eigenvalue weighted by atomic mass is 9.47. The van der Waals surface area contributed by atoms with Gasteiger partial charge in [0.1, 0.15) is 0 Å². The van der Waals surface area contributed by atoms with Gasteiger partial charge >= 0.3 is 0 Å². The molecular weight excluding hydrogens is 328 g/mol. The van der Waals surface area contributed by atoms with Crippen LogP contribution in [0.2, 0.25) is 0 Å². The van der Waals surface area contributed by atoms with Crippen molar-refractivity contribution >= 4 is 0 Å². The quantitative estimate of drug-likeness (QED) is 0.723. The first-order chi connectivity index (χ1) is 12.4. The average Bonchev–Trinajstić information content (AvgIpc) is 3.22. The summed E-state index contributed by atoms with van der Waals surface area (Å²) in [7, 11) is 1.82. The van der Waals surface area contributed by atoms with Gasteiger partial charge in [0.15, 0.2) is 5.79 Å². The lowest BCUT2D eigenvalue weighted by Gasteiger charge is -2.59. The van der Waals surface area contributed by atoms with E-state index < -0.39 is 0 Å². The molecule has 1 aliphatic heterocycles. The summed E-state index contributed by atoms with van der Waals surface area (Å²) < 4.78 is 18.1. The fourth-order valence-corrected chi connectivity index (χ4v) is 7.70. The van der Waals surface area contributed by atoms with Crippen LogP contribution in [0.4, 0.5) is 0 Å². The average molecular weight is 363 g/mol. The Labute approximate surface area is 157 Å². The third-order valence-electron chi connectivity index (χ3n) is 9.22. The Balaban J connectivity index is 1.50. The monoisotopic (exact) mass is 362 g/mol. The first kappa shape index (κ1) is 17.7. The van der Waals surface area contributed by atoms with Gasteiger partial charge in [-0.1, -0.05) is 25.5 Å². The van der Waals surface area contributed by atoms with Crippen molar-refractivity contribution in [2.75, 3.05) is 20.3 Å². The molecule has 146 valence electrons. The van der Waals surface area contributed by atoms with Gasteiger partial charge in [-0.3, -0.25) is 0 Å². The number of hydrogen-bond donors (Lipinski definition) is 1. The van der Waals surface area contributed by atoms with Gasteiger partial charge in [0, 0.05) is 18.9 Å². The Morgan fingerprint density at radius 3 is 2.50 bits per heavy atom. The molecule has 3 saturated carbocycles. The summed E-state index contributed by atoms with van der Waals surface area (Å²) in [5, 5.41) is 11.2. The van der Waals surface area contributed by atoms with Crippen molar-refractivity contribution in [2.24, 2.45) is 28.6 Å². The van der Waals surface area contributed by atoms with E-state index in [2.05, 4.69) is 19.9 Å². The third-order valence-corrected chi connectivity index (χ3v) is 9.22. The lowest BCUT2D eigenvalue weighted by Crippen LogP contribution is -2.58. The summed E-state index contributed by atoms with van der Waals surface area (Å²) in [6.45, 7) is 6.28. The molecule has 4 aliphatic carbocycles. The van der Waals surface area contributed by atoms with Crippen LogP contribution in [0.15, 0.2) is 11.6 Å². The lowest BCUT2D eigenvalue weighted by molar-refractivity contribution is -0.246. The fraction of sp³-hybridized carbons (Fsp3) is 0.909. The molecule has 0 amide bonds. The number of aliphatic hydroxyl groups is 1. The molecule has 1 heterocycles. The van der Waals surface area contributed by atoms with Gasteiger partial charge in [-0.05, 0) is 61.7 Å². The highest BCUT2D eigenvalue weighted by molar-refractivity contribution is 5.28. The Bertz CT molecular complexity index is 609. The molecular formula is C22H34O4. The second-order valence-corrected chi connectivity index (χ2v) is 9.94. The number of fused-ring (bicyclic) bond motifs is 6. The number of aliphatic hydroxyl groups excluding tert-OH is 1. The summed E-state index contributed by atoms with van der Waals surface area (Å²) in [6, 6.07) is 0. The second-order valence-electron chi connectivity index (χ2n) is 9.94. The minimum Gasteiger partial charge on any atom is -0.389 e. The summed E-state index contributed by atoms with van der Waals surface area (Å²) in [6.07, 6.45) is 9.95. The SMILES string of the molecule is CO[C@H]1CC[C@@]2(C)C(=CC(O)[C@@H]3[C@@H]2CC[C@@]2(C)[C@H]3CCC23OCCO3)C1. The molecule has 7 atom stereocenters. The second kappa shape index (κ2) is 5.79. The smallest absolute Gasteiger partial charge is 0.174 e. The Kier molecular flexibility index (Phi) is 3.93. The van der Waals surface area contributed by atoms with Crippen LogP contribution < -0.4 is 0 Å². The van der Waals surface area contributed by atoms with E-state index in [1.807, 2.05) is 7.11 Å². The zero-order valence-electron chi connectivity index (χ0n) is 16.5. The first-order valence-corrected chi connectivity index (χ1v) is 10.6. The number of methoxy groups -OCH3 is 1. The molecule has 1 saturated heterocycles. The van der Waals surface area contributed by atoms with E-state index in [-0.39, 0.29) is 22.7 Å². The molecule has 5 aliphatic rings. The van der Waals surface area contributed by atoms with Crippen LogP contribution in [-0.4, -0.2) is 43.4 Å². The molecule has 0 radical (unpaired) electrons. The van der Waals surface area contributed by atoms with Crippen LogP contribution in [-0.2, 0) is 14.2 Å². The van der Waals surface area contributed by atoms with Crippen LogP contribution in [0, 0.1) is 28.6 Å². The summed E-state index contributed by atoms with van der Waals surface area (Å²) in [4.78, 5) is 0. The summed E-state index contributed by atoms with van der Waals surface area (Å²) in [5.41, 5.74) is 1.72. The molecule has 0 aromatic carbocycles. The molecule has 0 aromatic heterocycles. The van der Waals surface area contributed by atoms with Gasteiger partial charge in [0.25, 0.3) is 0 Å². The van der Waals surface area contributed by atoms with Crippen LogP contribution in [0.5, 0.6) is 0 Å². The van der Waals surface area contributed by atoms with Gasteiger partial charge in [-0.15, -0.1) is 0 Å². The molecule has 1 N–H and O–H groups in total. The first-order valence-electron chi connectivity index (χ1n) is 10.6. The van der Waals surface area contributed by atoms with E-state index in [0.29, 0.717) is 23.9 Å². The van der Waals surface area contributed by atoms with E-state index >= 15 is 0 Å². The highest BCUT2D eigenvalue weighted by Gasteiger charge is 2.67. The molecule has 0 aromatic rings. The molecule has 0 bridgehead atoms. The van der Waals surface area contributed by atoms with Crippen LogP contribution >= 0.6 is 0 Å². The van der Waals surface area contributed by atoms with Gasteiger partial charge < -0.3 is 19.3 Å². The molecule has 26 heavy (non-hydrogen) atoms. The zero-order valence-corrected chi connectivity index (χ0v) is 16.5. The Morgan fingerprint density at radius 1 is 1.04 bits per heavy atom. The van der Waals surface area contributed by atoms with Crippen LogP contribution in [0.25, 0.3) is 0 Å². The van der Waals surface area contributed by atoms with Crippen molar-refractivity contribution in [2.45, 2.75) is 76.8 Å². The molecule has 1 spiro atoms. The molecule has 4 fully saturated rings. The Morgan fingerprint density at radius 2 is 1.77 bits per heavy atom. The van der Waals surface area contributed by atoms with E-state index in [1.165, 1.54) is 18.4 Å². The maximum atomic E-state index is 11.2. The third kappa shape index (κ3) is 2.10. The van der Waals surface area contributed by atoms with Crippen molar-refractivity contribution in [3.8, 4) is 0 Å². The van der Waals surface area contributed by atoms with E-state index in [4.69, 9.17) is 14.2 Å². The van der Waals surface area contributed by atoms with Crippen molar-refractivity contribution in [3.05, 3.63) is 11.6 Å². The van der Waals surface area contributed by atoms with E-state index in [1.54, 1.807) is 0 Å². The van der Waals surface area contributed by atoms with Crippen LogP contribution in [0.1, 0.15) is 58.8 Å². The predicted octanol–water partition coefficient (Wildman–Crippen LogP) is 3.68. The highest BCUT2D eigenvalue weighted by Crippen LogP contribution is 2.68. The fourth-order valence-electron chi connectivity index (χ4n) is 7.70. The van der Waals surface area contributed by atoms with Crippen LogP contribution in [0.3, 0.4) is 0 Å². The number of rotatable bonds is 1. The summed E-state index contributed by atoms with van der Waals surface area (Å²) in [5.74, 6) is 1.02. The largest absolute Gasteiger partial charge is 0.389 e. The summed E-state index contributed by atoms with van der Waals surface area (Å²) >= 11 is 0. The number of ether oxygens (including phenoxy) is 3. The topological polar surface area (TPSA) is 47.9 Å². The molecule has 4 nitrogen and oxygen atoms in total. The molecule has 5 rings (SSSR count). The maximum absolute atomic E-state index is 11.2. The minimum atomic E-state index is -0.388. The van der Waals surface area contributed by atoms with E-state index in [0.717, 1.165) is 45.3 Å². The predicted molar refractivity (Wildman–Crippen MR) is 98.5 cm³/mol. The van der Waals surface area contributed by atoms with Gasteiger partial charge in [-0.2, -0.15) is 0 Å². The molecule has 4 heteroatoms. The maximum Gasteiger partial charge on any atom is 0.174 e. The number of hydrogen-bond acceptors (Lipinski definition) is 4. The van der Waals surface area contributed by atoms with Crippen molar-refractivity contribution < 1.29 is 19.3 Å². The van der Waals surface area contributed by atoms with Gasteiger partial charge in [0.2, 0.25) is 0 Å². The standard InChI is InChI=1S/C22H34O4/c1-20-7-4-15(24-3)12-14(20)13-18(23)19-16(20)5-8-21(2)17(19)6-9-22(21)25-10-11-26-22/h13,15-19,23H,4-12H2,1-3H3/t15-,16-,17-,18?,19+,20-,21-/m0/s1. The van der Waals surface area contributed by atoms with E-state index in [9.17, 15) is 5.11 Å². The van der Waals surface area contributed by atoms with Crippen molar-refractivity contribution in [1.29, 1.82) is 0 Å². The van der Waals surface area contributed by atoms with Crippen molar-refractivity contribution in [1.82, 2.24) is 0 Å². The minimum absolute atomic E-state index is 0.0388. The van der Waals surface area contributed by atoms with Crippen molar-refractivity contribution in [3.63, 3.8) is 0 Å². The molecule has 1 unspecified atom stereocenters.